The van der Waals surface area contributed by atoms with Crippen LogP contribution < -0.4 is 15.1 Å². The number of amides is 4. The zero-order valence-corrected chi connectivity index (χ0v) is 24.6. The summed E-state index contributed by atoms with van der Waals surface area (Å²) >= 11 is 0. The molecular weight excluding hydrogens is 564 g/mol. The zero-order chi connectivity index (χ0) is 30.3. The number of morpholine rings is 2. The minimum absolute atomic E-state index is 0.120. The maximum absolute atomic E-state index is 13.8. The van der Waals surface area contributed by atoms with Crippen LogP contribution in [-0.4, -0.2) is 120 Å². The van der Waals surface area contributed by atoms with Gasteiger partial charge < -0.3 is 29.6 Å². The van der Waals surface area contributed by atoms with Gasteiger partial charge in [0.1, 0.15) is 23.3 Å². The number of piperidine rings is 1. The fraction of sp³-hybridized carbons (Fsp3) is 0.452. The second-order valence-electron chi connectivity index (χ2n) is 11.8. The van der Waals surface area contributed by atoms with Gasteiger partial charge in [-0.2, -0.15) is 0 Å². The Hall–Kier alpha value is -4.33. The summed E-state index contributed by atoms with van der Waals surface area (Å²) in [6.07, 6.45) is 2.63. The topological polar surface area (TPSA) is 136 Å². The van der Waals surface area contributed by atoms with Crippen LogP contribution >= 0.6 is 0 Å². The van der Waals surface area contributed by atoms with E-state index in [1.165, 1.54) is 4.90 Å². The van der Waals surface area contributed by atoms with Crippen molar-refractivity contribution in [2.45, 2.75) is 18.4 Å². The molecule has 1 atom stereocenters. The van der Waals surface area contributed by atoms with E-state index in [2.05, 4.69) is 36.6 Å². The van der Waals surface area contributed by atoms with Gasteiger partial charge in [0.05, 0.1) is 44.0 Å². The third-order valence-corrected chi connectivity index (χ3v) is 8.91. The summed E-state index contributed by atoms with van der Waals surface area (Å²) in [5, 5.41) is 3.85. The second-order valence-corrected chi connectivity index (χ2v) is 11.8. The number of H-pyrrole nitrogens is 1. The van der Waals surface area contributed by atoms with E-state index in [9.17, 15) is 14.4 Å². The number of imide groups is 1. The smallest absolute Gasteiger partial charge is 0.329 e. The molecule has 13 heteroatoms. The summed E-state index contributed by atoms with van der Waals surface area (Å²) < 4.78 is 10.9. The highest BCUT2D eigenvalue weighted by Crippen LogP contribution is 2.34. The number of carbonyl (C=O) groups excluding carboxylic acids is 3. The van der Waals surface area contributed by atoms with E-state index >= 15 is 0 Å². The lowest BCUT2D eigenvalue weighted by Crippen LogP contribution is -2.60. The van der Waals surface area contributed by atoms with Crippen molar-refractivity contribution in [2.24, 2.45) is 0 Å². The molecule has 4 fully saturated rings. The molecule has 4 aliphatic rings. The van der Waals surface area contributed by atoms with Gasteiger partial charge in [0.25, 0.3) is 11.8 Å². The Kier molecular flexibility index (Phi) is 7.52. The molecule has 1 aromatic carbocycles. The Morgan fingerprint density at radius 3 is 2.45 bits per heavy atom. The highest BCUT2D eigenvalue weighted by molar-refractivity contribution is 6.23. The number of likely N-dealkylation sites (tertiary alicyclic amines) is 1. The number of rotatable bonds is 6. The molecule has 44 heavy (non-hydrogen) atoms. The highest BCUT2D eigenvalue weighted by Gasteiger charge is 2.54. The number of hydrogen-bond acceptors (Lipinski definition) is 9. The fourth-order valence-corrected chi connectivity index (χ4v) is 6.58. The average Bonchev–Trinajstić information content (AvgIpc) is 3.59. The zero-order valence-electron chi connectivity index (χ0n) is 24.6. The van der Waals surface area contributed by atoms with Gasteiger partial charge in [-0.25, -0.2) is 19.7 Å². The van der Waals surface area contributed by atoms with Crippen molar-refractivity contribution in [3.8, 4) is 11.3 Å². The molecule has 6 heterocycles. The van der Waals surface area contributed by atoms with Crippen molar-refractivity contribution in [1.82, 2.24) is 30.1 Å². The van der Waals surface area contributed by atoms with Crippen molar-refractivity contribution in [1.29, 1.82) is 0 Å². The largest absolute Gasteiger partial charge is 0.379 e. The van der Waals surface area contributed by atoms with Gasteiger partial charge in [-0.15, -0.1) is 0 Å². The Morgan fingerprint density at radius 2 is 1.70 bits per heavy atom. The Bertz CT molecular complexity index is 1590. The SMILES string of the molecule is C=C(CN1CCOCC1)C(=O)N1CCCC2(C1)NC(=O)N(c1ccc(-c3cc4c(N5CCOCC5)ncnc4[nH]3)cc1)C2=O. The average molecular weight is 601 g/mol. The van der Waals surface area contributed by atoms with Crippen molar-refractivity contribution >= 4 is 40.4 Å². The maximum atomic E-state index is 13.8. The molecule has 13 nitrogen and oxygen atoms in total. The molecule has 0 saturated carbocycles. The predicted octanol–water partition coefficient (Wildman–Crippen LogP) is 1.77. The number of nitrogens with zero attached hydrogens (tertiary/aromatic N) is 6. The van der Waals surface area contributed by atoms with Crippen LogP contribution in [0.4, 0.5) is 16.3 Å². The van der Waals surface area contributed by atoms with Gasteiger partial charge in [-0.3, -0.25) is 14.5 Å². The molecule has 4 aliphatic heterocycles. The summed E-state index contributed by atoms with van der Waals surface area (Å²) in [7, 11) is 0. The molecular formula is C31H36N8O5. The summed E-state index contributed by atoms with van der Waals surface area (Å²) in [6.45, 7) is 10.8. The standard InChI is InChI=1S/C31H36N8O5/c1-21(18-36-9-13-43-14-10-36)28(40)38-8-2-7-31(19-38)29(41)39(30(42)35-31)23-5-3-22(4-6-23)25-17-24-26(34-25)32-20-33-27(24)37-11-15-44-16-12-37/h3-6,17,20H,1-2,7-16,18-19H2,(H,35,42)(H,32,33,34). The number of carbonyl (C=O) groups is 3. The molecule has 2 aromatic heterocycles. The number of urea groups is 1. The number of fused-ring (bicyclic) bond motifs is 1. The molecule has 0 radical (unpaired) electrons. The molecule has 0 bridgehead atoms. The first-order valence-electron chi connectivity index (χ1n) is 15.1. The van der Waals surface area contributed by atoms with Gasteiger partial charge in [0, 0.05) is 50.5 Å². The molecule has 2 N–H and O–H groups in total. The van der Waals surface area contributed by atoms with E-state index in [0.717, 1.165) is 54.3 Å². The monoisotopic (exact) mass is 600 g/mol. The van der Waals surface area contributed by atoms with E-state index < -0.39 is 11.6 Å². The molecule has 4 saturated heterocycles. The van der Waals surface area contributed by atoms with Crippen molar-refractivity contribution in [3.05, 3.63) is 48.8 Å². The van der Waals surface area contributed by atoms with Crippen LogP contribution in [0.25, 0.3) is 22.3 Å². The Labute approximate surface area is 254 Å². The molecule has 230 valence electrons. The number of benzene rings is 1. The summed E-state index contributed by atoms with van der Waals surface area (Å²) in [5.41, 5.74) is 2.27. The van der Waals surface area contributed by atoms with Crippen LogP contribution in [0, 0.1) is 0 Å². The number of nitrogens with one attached hydrogen (secondary N) is 2. The number of ether oxygens (including phenoxy) is 2. The Morgan fingerprint density at radius 1 is 0.977 bits per heavy atom. The molecule has 1 spiro atoms. The quantitative estimate of drug-likeness (QED) is 0.321. The van der Waals surface area contributed by atoms with Crippen LogP contribution in [0.5, 0.6) is 0 Å². The molecule has 0 aliphatic carbocycles. The third-order valence-electron chi connectivity index (χ3n) is 8.91. The second kappa shape index (κ2) is 11.6. The minimum atomic E-state index is -1.16. The summed E-state index contributed by atoms with van der Waals surface area (Å²) in [4.78, 5) is 59.9. The van der Waals surface area contributed by atoms with Crippen LogP contribution in [0.3, 0.4) is 0 Å². The Balaban J connectivity index is 1.06. The van der Waals surface area contributed by atoms with Gasteiger partial charge in [-0.1, -0.05) is 18.7 Å². The van der Waals surface area contributed by atoms with Crippen molar-refractivity contribution in [3.63, 3.8) is 0 Å². The molecule has 1 unspecified atom stereocenters. The van der Waals surface area contributed by atoms with Crippen LogP contribution in [0.15, 0.2) is 48.8 Å². The fourth-order valence-electron chi connectivity index (χ4n) is 6.58. The number of hydrogen-bond donors (Lipinski definition) is 2. The van der Waals surface area contributed by atoms with E-state index in [1.807, 2.05) is 18.2 Å². The lowest BCUT2D eigenvalue weighted by atomic mass is 9.88. The van der Waals surface area contributed by atoms with E-state index in [-0.39, 0.29) is 18.4 Å². The normalized spacial score (nSPS) is 23.0. The lowest BCUT2D eigenvalue weighted by Gasteiger charge is -2.39. The first-order valence-corrected chi connectivity index (χ1v) is 15.1. The highest BCUT2D eigenvalue weighted by atomic mass is 16.5. The summed E-state index contributed by atoms with van der Waals surface area (Å²) in [6, 6.07) is 8.82. The number of aromatic amines is 1. The summed E-state index contributed by atoms with van der Waals surface area (Å²) in [5.74, 6) is 0.342. The maximum Gasteiger partial charge on any atom is 0.329 e. The first kappa shape index (κ1) is 28.4. The van der Waals surface area contributed by atoms with Crippen molar-refractivity contribution in [2.75, 3.05) is 82.0 Å². The van der Waals surface area contributed by atoms with E-state index in [4.69, 9.17) is 9.47 Å². The molecule has 3 aromatic rings. The third kappa shape index (κ3) is 5.20. The van der Waals surface area contributed by atoms with E-state index in [0.29, 0.717) is 63.6 Å². The van der Waals surface area contributed by atoms with Crippen molar-refractivity contribution < 1.29 is 23.9 Å². The van der Waals surface area contributed by atoms with Gasteiger partial charge in [0.15, 0.2) is 0 Å². The van der Waals surface area contributed by atoms with E-state index in [1.54, 1.807) is 23.4 Å². The molecule has 7 rings (SSSR count). The lowest BCUT2D eigenvalue weighted by molar-refractivity contribution is -0.132. The van der Waals surface area contributed by atoms with Crippen LogP contribution in [-0.2, 0) is 19.1 Å². The molecule has 4 amide bonds. The van der Waals surface area contributed by atoms with Gasteiger partial charge in [0.2, 0.25) is 0 Å². The number of anilines is 2. The van der Waals surface area contributed by atoms with Crippen LogP contribution in [0.1, 0.15) is 12.8 Å². The van der Waals surface area contributed by atoms with Crippen LogP contribution in [0.2, 0.25) is 0 Å². The minimum Gasteiger partial charge on any atom is -0.379 e. The van der Waals surface area contributed by atoms with Gasteiger partial charge >= 0.3 is 6.03 Å². The first-order chi connectivity index (χ1) is 21.4. The van der Waals surface area contributed by atoms with Gasteiger partial charge in [-0.05, 0) is 36.6 Å². The predicted molar refractivity (Wildman–Crippen MR) is 163 cm³/mol. The number of aromatic nitrogens is 3.